The van der Waals surface area contributed by atoms with E-state index >= 15 is 0 Å². The number of likely N-dealkylation sites (N-methyl/N-ethyl adjacent to an activating group) is 1. The fourth-order valence-electron chi connectivity index (χ4n) is 7.63. The third kappa shape index (κ3) is 3.85. The van der Waals surface area contributed by atoms with Gasteiger partial charge in [-0.25, -0.2) is 0 Å². The molecule has 214 valence electrons. The molecule has 0 heterocycles. The largest absolute Gasteiger partial charge is 0.507 e. The molecule has 0 saturated heterocycles. The lowest BCUT2D eigenvalue weighted by Gasteiger charge is -2.56. The number of Topliss-reactive ketones (excluding diaryl/α,β-unsaturated/α-hetero) is 4. The maximum atomic E-state index is 14.2. The maximum Gasteiger partial charge on any atom is 0.309 e. The Morgan fingerprint density at radius 1 is 1.05 bits per heavy atom. The first-order valence-corrected chi connectivity index (χ1v) is 13.7. The summed E-state index contributed by atoms with van der Waals surface area (Å²) in [5.41, 5.74) is 2.70. The van der Waals surface area contributed by atoms with E-state index < -0.39 is 88.3 Å². The number of esters is 1. The molecular formula is C29H34N2O9. The van der Waals surface area contributed by atoms with Gasteiger partial charge in [-0.2, -0.15) is 0 Å². The third-order valence-corrected chi connectivity index (χ3v) is 9.52. The van der Waals surface area contributed by atoms with Crippen LogP contribution >= 0.6 is 0 Å². The van der Waals surface area contributed by atoms with E-state index in [-0.39, 0.29) is 11.3 Å². The van der Waals surface area contributed by atoms with Crippen molar-refractivity contribution in [2.24, 2.45) is 35.3 Å². The molecule has 1 aromatic carbocycles. The van der Waals surface area contributed by atoms with Crippen molar-refractivity contribution in [3.8, 4) is 5.75 Å². The minimum absolute atomic E-state index is 0.112. The number of carbonyl (C=O) groups is 6. The van der Waals surface area contributed by atoms with Gasteiger partial charge in [0.15, 0.2) is 34.7 Å². The number of benzene rings is 1. The van der Waals surface area contributed by atoms with E-state index in [0.717, 1.165) is 19.3 Å². The number of ketones is 4. The molecule has 1 aromatic rings. The Hall–Kier alpha value is -3.44. The van der Waals surface area contributed by atoms with Crippen LogP contribution in [0.3, 0.4) is 0 Å². The van der Waals surface area contributed by atoms with Crippen molar-refractivity contribution < 1.29 is 43.7 Å². The third-order valence-electron chi connectivity index (χ3n) is 9.52. The number of hydrogen-bond donors (Lipinski definition) is 3. The summed E-state index contributed by atoms with van der Waals surface area (Å²) in [5, 5.41) is 22.6. The summed E-state index contributed by atoms with van der Waals surface area (Å²) in [7, 11) is 2.96. The number of amides is 1. The number of phenols is 1. The molecule has 4 aliphatic carbocycles. The van der Waals surface area contributed by atoms with E-state index in [0.29, 0.717) is 18.4 Å². The van der Waals surface area contributed by atoms with Crippen molar-refractivity contribution in [1.82, 2.24) is 4.90 Å². The number of carbonyl (C=O) groups excluding carboxylic acids is 6. The van der Waals surface area contributed by atoms with Crippen molar-refractivity contribution in [2.45, 2.75) is 62.7 Å². The zero-order valence-corrected chi connectivity index (χ0v) is 22.7. The monoisotopic (exact) mass is 554 g/mol. The van der Waals surface area contributed by atoms with Gasteiger partial charge in [-0.05, 0) is 44.5 Å². The summed E-state index contributed by atoms with van der Waals surface area (Å²) in [5.74, 6) is -14.1. The Morgan fingerprint density at radius 2 is 1.70 bits per heavy atom. The van der Waals surface area contributed by atoms with E-state index in [4.69, 9.17) is 10.5 Å². The van der Waals surface area contributed by atoms with Crippen LogP contribution in [0.25, 0.3) is 0 Å². The molecule has 0 spiro atoms. The smallest absolute Gasteiger partial charge is 0.309 e. The Morgan fingerprint density at radius 3 is 2.30 bits per heavy atom. The SMILES string of the molecule is CC1c2cccc(O)c2C(=O)C2C(=O)C3(O)C(=O)C(C(N)=O)C(=O)C(N(C)C)C3C(OC(=O)C3CCCCC3)C21. The molecule has 8 atom stereocenters. The number of nitrogens with two attached hydrogens (primary N) is 1. The highest BCUT2D eigenvalue weighted by Crippen LogP contribution is 2.55. The van der Waals surface area contributed by atoms with Gasteiger partial charge in [0, 0.05) is 5.92 Å². The quantitative estimate of drug-likeness (QED) is 0.351. The van der Waals surface area contributed by atoms with Gasteiger partial charge in [0.05, 0.1) is 29.4 Å². The minimum atomic E-state index is -3.02. The van der Waals surface area contributed by atoms with Gasteiger partial charge >= 0.3 is 5.97 Å². The van der Waals surface area contributed by atoms with Gasteiger partial charge in [-0.3, -0.25) is 33.7 Å². The summed E-state index contributed by atoms with van der Waals surface area (Å²) in [6, 6.07) is 3.08. The number of rotatable bonds is 4. The molecule has 3 fully saturated rings. The normalized spacial score (nSPS) is 36.1. The molecule has 40 heavy (non-hydrogen) atoms. The summed E-state index contributed by atoms with van der Waals surface area (Å²) in [6.07, 6.45) is 2.36. The van der Waals surface area contributed by atoms with Gasteiger partial charge in [-0.15, -0.1) is 0 Å². The molecule has 8 unspecified atom stereocenters. The average molecular weight is 555 g/mol. The molecule has 0 radical (unpaired) electrons. The molecule has 0 aromatic heterocycles. The highest BCUT2D eigenvalue weighted by molar-refractivity contribution is 6.32. The zero-order valence-electron chi connectivity index (χ0n) is 22.7. The summed E-state index contributed by atoms with van der Waals surface area (Å²) < 4.78 is 6.11. The van der Waals surface area contributed by atoms with E-state index in [9.17, 15) is 39.0 Å². The molecular weight excluding hydrogens is 520 g/mol. The van der Waals surface area contributed by atoms with Crippen LogP contribution in [0, 0.1) is 29.6 Å². The first-order chi connectivity index (χ1) is 18.8. The average Bonchev–Trinajstić information content (AvgIpc) is 2.90. The lowest BCUT2D eigenvalue weighted by Crippen LogP contribution is -2.78. The molecule has 4 N–H and O–H groups in total. The number of fused-ring (bicyclic) bond motifs is 3. The predicted octanol–water partition coefficient (Wildman–Crippen LogP) is 0.530. The lowest BCUT2D eigenvalue weighted by molar-refractivity contribution is -0.207. The highest BCUT2D eigenvalue weighted by atomic mass is 16.5. The van der Waals surface area contributed by atoms with Crippen LogP contribution in [-0.2, 0) is 28.7 Å². The van der Waals surface area contributed by atoms with Crippen molar-refractivity contribution in [3.63, 3.8) is 0 Å². The van der Waals surface area contributed by atoms with Gasteiger partial charge < -0.3 is 20.7 Å². The second-order valence-corrected chi connectivity index (χ2v) is 11.9. The van der Waals surface area contributed by atoms with Crippen LogP contribution in [-0.4, -0.2) is 82.0 Å². The lowest BCUT2D eigenvalue weighted by atomic mass is 9.49. The molecule has 11 nitrogen and oxygen atoms in total. The number of phenolic OH excluding ortho intramolecular Hbond substituents is 1. The van der Waals surface area contributed by atoms with E-state index in [1.165, 1.54) is 25.1 Å². The second-order valence-electron chi connectivity index (χ2n) is 11.9. The summed E-state index contributed by atoms with van der Waals surface area (Å²) in [4.78, 5) is 82.5. The first-order valence-electron chi connectivity index (χ1n) is 13.7. The Kier molecular flexibility index (Phi) is 6.94. The molecule has 4 aliphatic rings. The topological polar surface area (TPSA) is 181 Å². The van der Waals surface area contributed by atoms with Crippen molar-refractivity contribution >= 4 is 35.0 Å². The second kappa shape index (κ2) is 9.88. The molecule has 5 rings (SSSR count). The minimum Gasteiger partial charge on any atom is -0.507 e. The van der Waals surface area contributed by atoms with Crippen molar-refractivity contribution in [3.05, 3.63) is 29.3 Å². The van der Waals surface area contributed by atoms with Crippen molar-refractivity contribution in [2.75, 3.05) is 14.1 Å². The molecule has 3 saturated carbocycles. The fraction of sp³-hybridized carbons (Fsp3) is 0.586. The predicted molar refractivity (Wildman–Crippen MR) is 138 cm³/mol. The van der Waals surface area contributed by atoms with Crippen LogP contribution in [0.5, 0.6) is 5.75 Å². The number of aliphatic hydroxyl groups is 1. The van der Waals surface area contributed by atoms with Gasteiger partial charge in [0.1, 0.15) is 11.9 Å². The standard InChI is InChI=1S/C29H34N2O9/c1-12-14-10-7-11-15(32)17(14)22(33)18-16(12)24(40-28(38)13-8-5-4-6-9-13)20-21(31(2)3)23(34)19(27(30)37)26(36)29(20,39)25(18)35/h7,10-13,16,18-21,24,32,39H,4-6,8-9H2,1-3H3,(H2,30,37). The molecule has 0 aliphatic heterocycles. The van der Waals surface area contributed by atoms with Crippen LogP contribution in [0.1, 0.15) is 60.9 Å². The Balaban J connectivity index is 1.73. The fourth-order valence-corrected chi connectivity index (χ4v) is 7.63. The Labute approximate surface area is 231 Å². The van der Waals surface area contributed by atoms with Crippen LogP contribution in [0.15, 0.2) is 18.2 Å². The van der Waals surface area contributed by atoms with Gasteiger partial charge in [0.2, 0.25) is 5.91 Å². The summed E-state index contributed by atoms with van der Waals surface area (Å²) in [6.45, 7) is 1.71. The highest BCUT2D eigenvalue weighted by Gasteiger charge is 2.74. The Bertz CT molecular complexity index is 1320. The molecule has 0 bridgehead atoms. The van der Waals surface area contributed by atoms with E-state index in [2.05, 4.69) is 0 Å². The zero-order chi connectivity index (χ0) is 29.3. The number of ether oxygens (including phenoxy) is 1. The number of primary amides is 1. The van der Waals surface area contributed by atoms with E-state index in [1.54, 1.807) is 19.1 Å². The molecule has 1 amide bonds. The number of nitrogens with zero attached hydrogens (tertiary/aromatic N) is 1. The van der Waals surface area contributed by atoms with Gasteiger partial charge in [-0.1, -0.05) is 38.3 Å². The van der Waals surface area contributed by atoms with Crippen LogP contribution in [0.2, 0.25) is 0 Å². The van der Waals surface area contributed by atoms with Crippen LogP contribution < -0.4 is 5.73 Å². The van der Waals surface area contributed by atoms with Crippen LogP contribution in [0.4, 0.5) is 0 Å². The van der Waals surface area contributed by atoms with Crippen molar-refractivity contribution in [1.29, 1.82) is 0 Å². The summed E-state index contributed by atoms with van der Waals surface area (Å²) >= 11 is 0. The van der Waals surface area contributed by atoms with Gasteiger partial charge in [0.25, 0.3) is 0 Å². The number of hydrogen-bond acceptors (Lipinski definition) is 10. The number of aromatic hydroxyl groups is 1. The molecule has 11 heteroatoms. The maximum absolute atomic E-state index is 14.2. The first kappa shape index (κ1) is 28.1. The van der Waals surface area contributed by atoms with E-state index in [1.807, 2.05) is 0 Å².